The molecule has 0 radical (unpaired) electrons. The summed E-state index contributed by atoms with van der Waals surface area (Å²) >= 11 is 7.11. The molecular formula is C10H12ClN3O3S. The number of rotatable bonds is 4. The van der Waals surface area contributed by atoms with E-state index in [0.29, 0.717) is 5.16 Å². The molecule has 1 amide bonds. The lowest BCUT2D eigenvalue weighted by Gasteiger charge is -2.21. The topological polar surface area (TPSA) is 83.4 Å². The Morgan fingerprint density at radius 1 is 1.56 bits per heavy atom. The van der Waals surface area contributed by atoms with E-state index in [1.54, 1.807) is 6.26 Å². The molecule has 8 heteroatoms. The van der Waals surface area contributed by atoms with Crippen LogP contribution in [0.25, 0.3) is 0 Å². The summed E-state index contributed by atoms with van der Waals surface area (Å²) in [5.41, 5.74) is 0.00613. The van der Waals surface area contributed by atoms with E-state index in [0.717, 1.165) is 4.90 Å². The first kappa shape index (κ1) is 14.7. The highest BCUT2D eigenvalue weighted by Crippen LogP contribution is 2.18. The van der Waals surface area contributed by atoms with E-state index in [9.17, 15) is 9.59 Å². The maximum absolute atomic E-state index is 12.1. The van der Waals surface area contributed by atoms with Crippen molar-refractivity contribution in [2.45, 2.75) is 18.1 Å². The number of carbonyl (C=O) groups excluding carboxylic acids is 1. The van der Waals surface area contributed by atoms with Crippen molar-refractivity contribution in [3.05, 3.63) is 16.9 Å². The van der Waals surface area contributed by atoms with Gasteiger partial charge in [-0.25, -0.2) is 14.8 Å². The van der Waals surface area contributed by atoms with Crippen LogP contribution in [0.5, 0.6) is 0 Å². The molecule has 1 unspecified atom stereocenters. The number of hydrogen-bond donors (Lipinski definition) is 1. The molecule has 1 aromatic heterocycles. The molecule has 18 heavy (non-hydrogen) atoms. The van der Waals surface area contributed by atoms with Crippen molar-refractivity contribution < 1.29 is 14.7 Å². The summed E-state index contributed by atoms with van der Waals surface area (Å²) in [6.45, 7) is 1.41. The lowest BCUT2D eigenvalue weighted by Crippen LogP contribution is -2.40. The Morgan fingerprint density at radius 3 is 2.67 bits per heavy atom. The van der Waals surface area contributed by atoms with Crippen molar-refractivity contribution >= 4 is 35.2 Å². The summed E-state index contributed by atoms with van der Waals surface area (Å²) < 4.78 is 0. The van der Waals surface area contributed by atoms with E-state index in [1.807, 2.05) is 0 Å². The van der Waals surface area contributed by atoms with Crippen LogP contribution in [0.2, 0.25) is 5.02 Å². The van der Waals surface area contributed by atoms with Crippen molar-refractivity contribution in [1.82, 2.24) is 14.9 Å². The summed E-state index contributed by atoms with van der Waals surface area (Å²) in [6, 6.07) is -0.957. The van der Waals surface area contributed by atoms with Crippen molar-refractivity contribution in [3.8, 4) is 0 Å². The predicted molar refractivity (Wildman–Crippen MR) is 68.0 cm³/mol. The van der Waals surface area contributed by atoms with Gasteiger partial charge in [-0.3, -0.25) is 4.79 Å². The van der Waals surface area contributed by atoms with Gasteiger partial charge in [-0.2, -0.15) is 0 Å². The summed E-state index contributed by atoms with van der Waals surface area (Å²) in [4.78, 5) is 31.9. The minimum absolute atomic E-state index is 0.00613. The van der Waals surface area contributed by atoms with Gasteiger partial charge < -0.3 is 10.0 Å². The van der Waals surface area contributed by atoms with Crippen molar-refractivity contribution in [2.24, 2.45) is 0 Å². The number of aliphatic carboxylic acids is 1. The molecule has 0 saturated heterocycles. The molecule has 0 spiro atoms. The molecule has 0 fully saturated rings. The van der Waals surface area contributed by atoms with Gasteiger partial charge in [-0.1, -0.05) is 23.4 Å². The molecule has 1 rings (SSSR count). The average Bonchev–Trinajstić information content (AvgIpc) is 2.36. The van der Waals surface area contributed by atoms with E-state index < -0.39 is 17.9 Å². The summed E-state index contributed by atoms with van der Waals surface area (Å²) in [5, 5.41) is 9.36. The number of carbonyl (C=O) groups is 2. The fourth-order valence-corrected chi connectivity index (χ4v) is 1.62. The first-order valence-electron chi connectivity index (χ1n) is 4.95. The minimum Gasteiger partial charge on any atom is -0.480 e. The number of thioether (sulfide) groups is 1. The Labute approximate surface area is 113 Å². The van der Waals surface area contributed by atoms with Crippen LogP contribution < -0.4 is 0 Å². The van der Waals surface area contributed by atoms with Gasteiger partial charge in [0.2, 0.25) is 0 Å². The second-order valence-corrected chi connectivity index (χ2v) is 4.66. The zero-order chi connectivity index (χ0) is 13.9. The molecule has 1 aromatic rings. The van der Waals surface area contributed by atoms with Crippen LogP contribution in [0.4, 0.5) is 0 Å². The number of likely N-dealkylation sites (N-methyl/N-ethyl adjacent to an activating group) is 1. The summed E-state index contributed by atoms with van der Waals surface area (Å²) in [5.74, 6) is -1.64. The van der Waals surface area contributed by atoms with Gasteiger partial charge in [0, 0.05) is 7.05 Å². The van der Waals surface area contributed by atoms with Gasteiger partial charge in [0.25, 0.3) is 5.91 Å². The number of hydrogen-bond acceptors (Lipinski definition) is 5. The number of carboxylic acids is 1. The highest BCUT2D eigenvalue weighted by atomic mass is 35.5. The highest BCUT2D eigenvalue weighted by molar-refractivity contribution is 7.98. The van der Waals surface area contributed by atoms with E-state index in [-0.39, 0.29) is 10.7 Å². The molecule has 1 heterocycles. The molecule has 0 aromatic carbocycles. The Kier molecular flexibility index (Phi) is 4.92. The number of amides is 1. The predicted octanol–water partition coefficient (Wildman–Crippen LogP) is 1.40. The zero-order valence-corrected chi connectivity index (χ0v) is 11.6. The van der Waals surface area contributed by atoms with Crippen molar-refractivity contribution in [1.29, 1.82) is 0 Å². The molecule has 6 nitrogen and oxygen atoms in total. The summed E-state index contributed by atoms with van der Waals surface area (Å²) in [6.07, 6.45) is 3.09. The quantitative estimate of drug-likeness (QED) is 0.666. The summed E-state index contributed by atoms with van der Waals surface area (Å²) in [7, 11) is 1.39. The van der Waals surface area contributed by atoms with Crippen molar-refractivity contribution in [2.75, 3.05) is 13.3 Å². The zero-order valence-electron chi connectivity index (χ0n) is 10.0. The smallest absolute Gasteiger partial charge is 0.326 e. The second kappa shape index (κ2) is 6.01. The Balaban J connectivity index is 3.06. The standard InChI is InChI=1S/C10H12ClN3O3S/c1-5(9(16)17)14(2)8(15)7-6(11)4-12-10(13-7)18-3/h4-5H,1-3H3,(H,16,17). The van der Waals surface area contributed by atoms with E-state index in [4.69, 9.17) is 16.7 Å². The third-order valence-electron chi connectivity index (χ3n) is 2.37. The van der Waals surface area contributed by atoms with Crippen molar-refractivity contribution in [3.63, 3.8) is 0 Å². The van der Waals surface area contributed by atoms with E-state index >= 15 is 0 Å². The number of carboxylic acid groups (broad SMARTS) is 1. The first-order valence-corrected chi connectivity index (χ1v) is 6.55. The van der Waals surface area contributed by atoms with E-state index in [2.05, 4.69) is 9.97 Å². The fraction of sp³-hybridized carbons (Fsp3) is 0.400. The fourth-order valence-electron chi connectivity index (χ4n) is 1.11. The minimum atomic E-state index is -1.10. The monoisotopic (exact) mass is 289 g/mol. The van der Waals surface area contributed by atoms with Crippen LogP contribution in [0.1, 0.15) is 17.4 Å². The normalized spacial score (nSPS) is 12.0. The van der Waals surface area contributed by atoms with Crippen LogP contribution in [-0.4, -0.2) is 51.2 Å². The maximum atomic E-state index is 12.1. The molecule has 0 saturated carbocycles. The van der Waals surface area contributed by atoms with Crippen LogP contribution in [-0.2, 0) is 4.79 Å². The van der Waals surface area contributed by atoms with Gasteiger partial charge >= 0.3 is 5.97 Å². The molecule has 0 aliphatic carbocycles. The molecule has 0 aliphatic heterocycles. The molecule has 1 atom stereocenters. The highest BCUT2D eigenvalue weighted by Gasteiger charge is 2.25. The third kappa shape index (κ3) is 3.11. The van der Waals surface area contributed by atoms with Crippen LogP contribution in [0.15, 0.2) is 11.4 Å². The third-order valence-corrected chi connectivity index (χ3v) is 3.20. The van der Waals surface area contributed by atoms with Gasteiger partial charge in [0.05, 0.1) is 11.2 Å². The first-order chi connectivity index (χ1) is 8.38. The average molecular weight is 290 g/mol. The van der Waals surface area contributed by atoms with Gasteiger partial charge in [0.1, 0.15) is 6.04 Å². The van der Waals surface area contributed by atoms with E-state index in [1.165, 1.54) is 31.9 Å². The Hall–Kier alpha value is -1.34. The van der Waals surface area contributed by atoms with Crippen LogP contribution >= 0.6 is 23.4 Å². The molecule has 0 bridgehead atoms. The molecular weight excluding hydrogens is 278 g/mol. The largest absolute Gasteiger partial charge is 0.480 e. The number of aromatic nitrogens is 2. The molecule has 0 aliphatic rings. The van der Waals surface area contributed by atoms with Gasteiger partial charge in [-0.05, 0) is 13.2 Å². The van der Waals surface area contributed by atoms with Gasteiger partial charge in [0.15, 0.2) is 10.9 Å². The lowest BCUT2D eigenvalue weighted by molar-refractivity contribution is -0.141. The Bertz CT molecular complexity index is 483. The lowest BCUT2D eigenvalue weighted by atomic mass is 10.2. The molecule has 98 valence electrons. The second-order valence-electron chi connectivity index (χ2n) is 3.48. The number of nitrogens with zero attached hydrogens (tertiary/aromatic N) is 3. The Morgan fingerprint density at radius 2 is 2.17 bits per heavy atom. The number of halogens is 1. The van der Waals surface area contributed by atoms with Crippen LogP contribution in [0.3, 0.4) is 0 Å². The molecule has 1 N–H and O–H groups in total. The maximum Gasteiger partial charge on any atom is 0.326 e. The SMILES string of the molecule is CSc1ncc(Cl)c(C(=O)N(C)C(C)C(=O)O)n1. The van der Waals surface area contributed by atoms with Crippen LogP contribution in [0, 0.1) is 0 Å². The van der Waals surface area contributed by atoms with Gasteiger partial charge in [-0.15, -0.1) is 0 Å².